The van der Waals surface area contributed by atoms with Gasteiger partial charge in [-0.2, -0.15) is 0 Å². The van der Waals surface area contributed by atoms with Gasteiger partial charge in [0, 0.05) is 25.4 Å². The quantitative estimate of drug-likeness (QED) is 0.888. The van der Waals surface area contributed by atoms with Gasteiger partial charge in [-0.05, 0) is 49.7 Å². The van der Waals surface area contributed by atoms with E-state index in [0.29, 0.717) is 19.1 Å². The summed E-state index contributed by atoms with van der Waals surface area (Å²) in [6.07, 6.45) is 0.928. The molecule has 126 valence electrons. The smallest absolute Gasteiger partial charge is 0.407 e. The summed E-state index contributed by atoms with van der Waals surface area (Å²) < 4.78 is 5.45. The molecule has 1 fully saturated rings. The highest BCUT2D eigenvalue weighted by atomic mass is 16.5. The normalized spacial score (nSPS) is 20.7. The Labute approximate surface area is 137 Å². The highest BCUT2D eigenvalue weighted by Gasteiger charge is 2.25. The lowest BCUT2D eigenvalue weighted by atomic mass is 9.94. The van der Waals surface area contributed by atoms with E-state index in [2.05, 4.69) is 36.4 Å². The lowest BCUT2D eigenvalue weighted by Crippen LogP contribution is -2.35. The van der Waals surface area contributed by atoms with Crippen molar-refractivity contribution >= 4 is 11.8 Å². The van der Waals surface area contributed by atoms with Crippen LogP contribution in [0.5, 0.6) is 0 Å². The summed E-state index contributed by atoms with van der Waals surface area (Å²) in [5.74, 6) is 0. The van der Waals surface area contributed by atoms with Gasteiger partial charge in [0.05, 0.1) is 19.2 Å². The standard InChI is InChI=1S/C17H25N3O3/c1-19(2)9-12-7-13-3-5-20(17(21)22)10-15(13)16(8-12)18-14-4-6-23-11-14/h7-8,14,18H,3-6,9-11H2,1-2H3,(H,21,22)/t14-/m0/s1. The fraction of sp³-hybridized carbons (Fsp3) is 0.588. The lowest BCUT2D eigenvalue weighted by Gasteiger charge is -2.30. The minimum Gasteiger partial charge on any atom is -0.465 e. The van der Waals surface area contributed by atoms with Crippen LogP contribution in [0.25, 0.3) is 0 Å². The molecule has 0 radical (unpaired) electrons. The van der Waals surface area contributed by atoms with E-state index >= 15 is 0 Å². The topological polar surface area (TPSA) is 65.0 Å². The number of rotatable bonds is 4. The Kier molecular flexibility index (Phi) is 4.73. The lowest BCUT2D eigenvalue weighted by molar-refractivity contribution is 0.140. The Hall–Kier alpha value is -1.79. The first-order valence-corrected chi connectivity index (χ1v) is 8.14. The van der Waals surface area contributed by atoms with Gasteiger partial charge in [-0.25, -0.2) is 4.79 Å². The predicted molar refractivity (Wildman–Crippen MR) is 88.8 cm³/mol. The Morgan fingerprint density at radius 3 is 2.96 bits per heavy atom. The third-order valence-electron chi connectivity index (χ3n) is 4.46. The number of anilines is 1. The first-order chi connectivity index (χ1) is 11.0. The van der Waals surface area contributed by atoms with Gasteiger partial charge in [0.25, 0.3) is 0 Å². The van der Waals surface area contributed by atoms with Gasteiger partial charge in [-0.1, -0.05) is 6.07 Å². The van der Waals surface area contributed by atoms with Crippen molar-refractivity contribution in [2.45, 2.75) is 32.0 Å². The molecule has 2 heterocycles. The van der Waals surface area contributed by atoms with Crippen LogP contribution in [0.15, 0.2) is 12.1 Å². The molecule has 0 saturated carbocycles. The number of hydrogen-bond donors (Lipinski definition) is 2. The average Bonchev–Trinajstić information content (AvgIpc) is 2.99. The number of carbonyl (C=O) groups is 1. The van der Waals surface area contributed by atoms with Crippen LogP contribution >= 0.6 is 0 Å². The number of fused-ring (bicyclic) bond motifs is 1. The average molecular weight is 319 g/mol. The minimum atomic E-state index is -0.844. The molecule has 23 heavy (non-hydrogen) atoms. The van der Waals surface area contributed by atoms with Gasteiger partial charge in [-0.15, -0.1) is 0 Å². The molecule has 2 aliphatic rings. The second-order valence-corrected chi connectivity index (χ2v) is 6.68. The van der Waals surface area contributed by atoms with E-state index in [4.69, 9.17) is 4.74 Å². The highest BCUT2D eigenvalue weighted by Crippen LogP contribution is 2.30. The van der Waals surface area contributed by atoms with Gasteiger partial charge in [0.1, 0.15) is 0 Å². The zero-order chi connectivity index (χ0) is 16.4. The van der Waals surface area contributed by atoms with Crippen LogP contribution in [0.3, 0.4) is 0 Å². The van der Waals surface area contributed by atoms with E-state index in [9.17, 15) is 9.90 Å². The maximum atomic E-state index is 11.3. The van der Waals surface area contributed by atoms with Crippen LogP contribution in [0.4, 0.5) is 10.5 Å². The first kappa shape index (κ1) is 16.1. The second kappa shape index (κ2) is 6.76. The summed E-state index contributed by atoms with van der Waals surface area (Å²) >= 11 is 0. The maximum absolute atomic E-state index is 11.3. The molecule has 0 spiro atoms. The third-order valence-corrected chi connectivity index (χ3v) is 4.46. The molecule has 2 N–H and O–H groups in total. The van der Waals surface area contributed by atoms with Crippen LogP contribution in [-0.2, 0) is 24.2 Å². The largest absolute Gasteiger partial charge is 0.465 e. The van der Waals surface area contributed by atoms with Crippen molar-refractivity contribution in [3.63, 3.8) is 0 Å². The van der Waals surface area contributed by atoms with Crippen LogP contribution in [0.2, 0.25) is 0 Å². The molecule has 3 rings (SSSR count). The molecule has 0 bridgehead atoms. The molecule has 1 aromatic carbocycles. The van der Waals surface area contributed by atoms with Gasteiger partial charge in [0.2, 0.25) is 0 Å². The van der Waals surface area contributed by atoms with Crippen molar-refractivity contribution in [2.75, 3.05) is 39.2 Å². The summed E-state index contributed by atoms with van der Waals surface area (Å²) in [6, 6.07) is 4.71. The van der Waals surface area contributed by atoms with Crippen molar-refractivity contribution in [1.29, 1.82) is 0 Å². The van der Waals surface area contributed by atoms with Crippen LogP contribution in [0, 0.1) is 0 Å². The van der Waals surface area contributed by atoms with E-state index in [1.165, 1.54) is 16.0 Å². The Balaban J connectivity index is 1.90. The molecule has 2 aliphatic heterocycles. The van der Waals surface area contributed by atoms with Crippen molar-refractivity contribution < 1.29 is 14.6 Å². The molecule has 0 aromatic heterocycles. The fourth-order valence-electron chi connectivity index (χ4n) is 3.35. The van der Waals surface area contributed by atoms with E-state index < -0.39 is 6.09 Å². The number of ether oxygens (including phenoxy) is 1. The summed E-state index contributed by atoms with van der Waals surface area (Å²) in [4.78, 5) is 15.0. The second-order valence-electron chi connectivity index (χ2n) is 6.68. The summed E-state index contributed by atoms with van der Waals surface area (Å²) in [5.41, 5.74) is 4.72. The van der Waals surface area contributed by atoms with Crippen molar-refractivity contribution in [3.05, 3.63) is 28.8 Å². The number of benzene rings is 1. The number of nitrogens with zero attached hydrogens (tertiary/aromatic N) is 2. The van der Waals surface area contributed by atoms with Gasteiger partial charge in [0.15, 0.2) is 0 Å². The number of carboxylic acid groups (broad SMARTS) is 1. The number of nitrogens with one attached hydrogen (secondary N) is 1. The molecule has 1 aromatic rings. The first-order valence-electron chi connectivity index (χ1n) is 8.14. The van der Waals surface area contributed by atoms with Crippen LogP contribution in [0.1, 0.15) is 23.1 Å². The summed E-state index contributed by atoms with van der Waals surface area (Å²) in [6.45, 7) is 3.42. The molecule has 0 aliphatic carbocycles. The van der Waals surface area contributed by atoms with Gasteiger partial charge < -0.3 is 25.0 Å². The summed E-state index contributed by atoms with van der Waals surface area (Å²) in [5, 5.41) is 12.9. The van der Waals surface area contributed by atoms with E-state index in [1.54, 1.807) is 0 Å². The molecule has 0 unspecified atom stereocenters. The Morgan fingerprint density at radius 1 is 1.48 bits per heavy atom. The minimum absolute atomic E-state index is 0.314. The number of amides is 1. The third kappa shape index (κ3) is 3.76. The molecule has 1 atom stereocenters. The molecule has 1 amide bonds. The van der Waals surface area contributed by atoms with Crippen molar-refractivity contribution in [1.82, 2.24) is 9.80 Å². The van der Waals surface area contributed by atoms with Gasteiger partial charge in [-0.3, -0.25) is 0 Å². The zero-order valence-electron chi connectivity index (χ0n) is 13.8. The van der Waals surface area contributed by atoms with Crippen LogP contribution < -0.4 is 5.32 Å². The molecule has 6 heteroatoms. The Morgan fingerprint density at radius 2 is 2.30 bits per heavy atom. The Bertz CT molecular complexity index is 583. The van der Waals surface area contributed by atoms with Crippen molar-refractivity contribution in [2.24, 2.45) is 0 Å². The SMILES string of the molecule is CN(C)Cc1cc2c(c(N[C@H]3CCOC3)c1)CN(C(=O)O)CC2. The maximum Gasteiger partial charge on any atom is 0.407 e. The predicted octanol–water partition coefficient (Wildman–Crippen LogP) is 1.99. The molecule has 6 nitrogen and oxygen atoms in total. The zero-order valence-corrected chi connectivity index (χ0v) is 13.8. The van der Waals surface area contributed by atoms with E-state index in [-0.39, 0.29) is 0 Å². The molecule has 1 saturated heterocycles. The molecular weight excluding hydrogens is 294 g/mol. The van der Waals surface area contributed by atoms with Crippen molar-refractivity contribution in [3.8, 4) is 0 Å². The van der Waals surface area contributed by atoms with E-state index in [0.717, 1.165) is 43.9 Å². The monoisotopic (exact) mass is 319 g/mol. The summed E-state index contributed by atoms with van der Waals surface area (Å²) in [7, 11) is 4.12. The highest BCUT2D eigenvalue weighted by molar-refractivity contribution is 5.67. The number of hydrogen-bond acceptors (Lipinski definition) is 4. The molecular formula is C17H25N3O3. The van der Waals surface area contributed by atoms with Gasteiger partial charge >= 0.3 is 6.09 Å². The van der Waals surface area contributed by atoms with Crippen LogP contribution in [-0.4, -0.2) is 60.9 Å². The van der Waals surface area contributed by atoms with E-state index in [1.807, 2.05) is 0 Å². The fourth-order valence-corrected chi connectivity index (χ4v) is 3.35.